The van der Waals surface area contributed by atoms with Gasteiger partial charge in [0.05, 0.1) is 10.7 Å². The summed E-state index contributed by atoms with van der Waals surface area (Å²) in [7, 11) is -3.39. The van der Waals surface area contributed by atoms with Crippen LogP contribution in [0.2, 0.25) is 0 Å². The van der Waals surface area contributed by atoms with Crippen LogP contribution in [-0.4, -0.2) is 35.7 Å². The fraction of sp³-hybridized carbons (Fsp3) is 0.750. The van der Waals surface area contributed by atoms with Crippen LogP contribution in [0, 0.1) is 10.1 Å². The average molecular weight is 266 g/mol. The van der Waals surface area contributed by atoms with Crippen molar-refractivity contribution in [3.8, 4) is 0 Å². The van der Waals surface area contributed by atoms with Crippen LogP contribution in [0.15, 0.2) is 11.2 Å². The maximum absolute atomic E-state index is 11.8. The Morgan fingerprint density at radius 3 is 2.88 bits per heavy atom. The van der Waals surface area contributed by atoms with Crippen molar-refractivity contribution in [2.24, 2.45) is 0 Å². The highest BCUT2D eigenvalue weighted by molar-refractivity contribution is 8.04. The summed E-state index contributed by atoms with van der Waals surface area (Å²) in [4.78, 5) is 9.78. The van der Waals surface area contributed by atoms with Gasteiger partial charge in [-0.1, -0.05) is 6.92 Å². The molecule has 0 aliphatic carbocycles. The van der Waals surface area contributed by atoms with Gasteiger partial charge in [-0.2, -0.15) is 0 Å². The number of rotatable bonds is 4. The number of nitro groups is 1. The molecule has 0 aromatic heterocycles. The Bertz CT molecular complexity index is 391. The minimum absolute atomic E-state index is 0.0304. The van der Waals surface area contributed by atoms with Crippen molar-refractivity contribution in [1.82, 2.24) is 4.31 Å². The van der Waals surface area contributed by atoms with Crippen LogP contribution in [0.5, 0.6) is 0 Å². The standard InChI is InChI=1S/C8H14N2O4S2/c1-2-6-16(13,14)9-4-3-5-15-8(9)7-10(11)12/h7H,2-6H2,1H3/b8-7-. The van der Waals surface area contributed by atoms with E-state index in [0.29, 0.717) is 13.0 Å². The SMILES string of the molecule is CCCS(=O)(=O)N1CCCS/C1=C\[N+](=O)[O-]. The first-order chi connectivity index (χ1) is 7.47. The first kappa shape index (κ1) is 13.3. The van der Waals surface area contributed by atoms with Crippen LogP contribution < -0.4 is 0 Å². The van der Waals surface area contributed by atoms with Crippen LogP contribution in [-0.2, 0) is 10.0 Å². The van der Waals surface area contributed by atoms with Crippen molar-refractivity contribution >= 4 is 21.8 Å². The van der Waals surface area contributed by atoms with Gasteiger partial charge in [0.15, 0.2) is 5.03 Å². The molecular formula is C8H14N2O4S2. The Labute approximate surface area is 98.9 Å². The molecular weight excluding hydrogens is 252 g/mol. The molecule has 0 atom stereocenters. The fourth-order valence-electron chi connectivity index (χ4n) is 1.40. The summed E-state index contributed by atoms with van der Waals surface area (Å²) in [5, 5.41) is 10.6. The molecule has 0 aromatic carbocycles. The quantitative estimate of drug-likeness (QED) is 0.565. The van der Waals surface area contributed by atoms with E-state index >= 15 is 0 Å². The molecule has 1 aliphatic heterocycles. The van der Waals surface area contributed by atoms with Crippen LogP contribution in [0.3, 0.4) is 0 Å². The molecule has 0 amide bonds. The molecule has 6 nitrogen and oxygen atoms in total. The topological polar surface area (TPSA) is 80.5 Å². The maximum atomic E-state index is 11.8. The van der Waals surface area contributed by atoms with Gasteiger partial charge in [0.25, 0.3) is 6.20 Å². The van der Waals surface area contributed by atoms with Crippen molar-refractivity contribution in [2.75, 3.05) is 18.1 Å². The molecule has 0 saturated carbocycles. The summed E-state index contributed by atoms with van der Waals surface area (Å²) in [6, 6.07) is 0. The Morgan fingerprint density at radius 2 is 2.31 bits per heavy atom. The van der Waals surface area contributed by atoms with Crippen LogP contribution in [0.4, 0.5) is 0 Å². The molecule has 0 aromatic rings. The predicted molar refractivity (Wildman–Crippen MR) is 62.9 cm³/mol. The number of nitrogens with zero attached hydrogens (tertiary/aromatic N) is 2. The molecule has 0 N–H and O–H groups in total. The first-order valence-electron chi connectivity index (χ1n) is 4.96. The van der Waals surface area contributed by atoms with Crippen molar-refractivity contribution in [3.63, 3.8) is 0 Å². The highest BCUT2D eigenvalue weighted by Gasteiger charge is 2.28. The van der Waals surface area contributed by atoms with E-state index in [1.807, 2.05) is 0 Å². The van der Waals surface area contributed by atoms with E-state index in [1.165, 1.54) is 11.8 Å². The zero-order valence-corrected chi connectivity index (χ0v) is 10.6. The van der Waals surface area contributed by atoms with Crippen LogP contribution >= 0.6 is 11.8 Å². The van der Waals surface area contributed by atoms with Gasteiger partial charge in [0.2, 0.25) is 10.0 Å². The third-order valence-electron chi connectivity index (χ3n) is 2.02. The molecule has 0 spiro atoms. The largest absolute Gasteiger partial charge is 0.265 e. The molecule has 0 unspecified atom stereocenters. The molecule has 1 rings (SSSR count). The molecule has 1 heterocycles. The van der Waals surface area contributed by atoms with Gasteiger partial charge in [0.1, 0.15) is 0 Å². The highest BCUT2D eigenvalue weighted by atomic mass is 32.2. The molecule has 8 heteroatoms. The second-order valence-corrected chi connectivity index (χ2v) is 6.47. The summed E-state index contributed by atoms with van der Waals surface area (Å²) in [5.41, 5.74) is 0. The summed E-state index contributed by atoms with van der Waals surface area (Å²) in [6.45, 7) is 2.11. The number of hydrogen-bond acceptors (Lipinski definition) is 5. The first-order valence-corrected chi connectivity index (χ1v) is 7.55. The van der Waals surface area contributed by atoms with Gasteiger partial charge in [-0.25, -0.2) is 8.42 Å². The van der Waals surface area contributed by atoms with Gasteiger partial charge in [-0.15, -0.1) is 11.8 Å². The van der Waals surface area contributed by atoms with E-state index in [9.17, 15) is 18.5 Å². The van der Waals surface area contributed by atoms with E-state index < -0.39 is 14.9 Å². The van der Waals surface area contributed by atoms with Gasteiger partial charge in [-0.3, -0.25) is 14.4 Å². The van der Waals surface area contributed by atoms with Gasteiger partial charge in [-0.05, 0) is 12.8 Å². The van der Waals surface area contributed by atoms with Gasteiger partial charge < -0.3 is 0 Å². The van der Waals surface area contributed by atoms with Crippen molar-refractivity contribution in [2.45, 2.75) is 19.8 Å². The fourth-order valence-corrected chi connectivity index (χ4v) is 4.25. The van der Waals surface area contributed by atoms with Crippen LogP contribution in [0.25, 0.3) is 0 Å². The molecule has 92 valence electrons. The average Bonchev–Trinajstić information content (AvgIpc) is 2.17. The molecule has 0 bridgehead atoms. The molecule has 1 fully saturated rings. The second kappa shape index (κ2) is 5.53. The normalized spacial score (nSPS) is 20.1. The Hall–Kier alpha value is -0.760. The number of hydrogen-bond donors (Lipinski definition) is 0. The maximum Gasteiger partial charge on any atom is 0.265 e. The molecule has 1 saturated heterocycles. The highest BCUT2D eigenvalue weighted by Crippen LogP contribution is 2.29. The predicted octanol–water partition coefficient (Wildman–Crippen LogP) is 1.24. The minimum atomic E-state index is -3.39. The van der Waals surface area contributed by atoms with E-state index in [0.717, 1.165) is 22.7 Å². The van der Waals surface area contributed by atoms with Crippen molar-refractivity contribution in [1.29, 1.82) is 0 Å². The lowest BCUT2D eigenvalue weighted by atomic mass is 10.5. The lowest BCUT2D eigenvalue weighted by Crippen LogP contribution is -2.35. The Balaban J connectivity index is 2.95. The summed E-state index contributed by atoms with van der Waals surface area (Å²) in [6.07, 6.45) is 2.01. The Morgan fingerprint density at radius 1 is 1.62 bits per heavy atom. The van der Waals surface area contributed by atoms with E-state index in [2.05, 4.69) is 0 Å². The summed E-state index contributed by atoms with van der Waals surface area (Å²) >= 11 is 1.22. The Kier molecular flexibility index (Phi) is 4.60. The van der Waals surface area contributed by atoms with Gasteiger partial charge in [0, 0.05) is 12.3 Å². The lowest BCUT2D eigenvalue weighted by Gasteiger charge is -2.28. The van der Waals surface area contributed by atoms with Gasteiger partial charge >= 0.3 is 0 Å². The zero-order chi connectivity index (χ0) is 12.2. The van der Waals surface area contributed by atoms with Crippen molar-refractivity contribution in [3.05, 3.63) is 21.3 Å². The lowest BCUT2D eigenvalue weighted by molar-refractivity contribution is -0.403. The molecule has 1 aliphatic rings. The minimum Gasteiger partial charge on any atom is -0.259 e. The monoisotopic (exact) mass is 266 g/mol. The van der Waals surface area contributed by atoms with E-state index in [-0.39, 0.29) is 10.8 Å². The number of thioether (sulfide) groups is 1. The molecule has 16 heavy (non-hydrogen) atoms. The summed E-state index contributed by atoms with van der Waals surface area (Å²) < 4.78 is 24.8. The molecule has 0 radical (unpaired) electrons. The second-order valence-electron chi connectivity index (χ2n) is 3.34. The smallest absolute Gasteiger partial charge is 0.259 e. The third kappa shape index (κ3) is 3.38. The van der Waals surface area contributed by atoms with E-state index in [4.69, 9.17) is 0 Å². The van der Waals surface area contributed by atoms with E-state index in [1.54, 1.807) is 6.92 Å². The van der Waals surface area contributed by atoms with Crippen LogP contribution in [0.1, 0.15) is 19.8 Å². The number of sulfonamides is 1. The zero-order valence-electron chi connectivity index (χ0n) is 8.96. The third-order valence-corrected chi connectivity index (χ3v) is 5.22. The summed E-state index contributed by atoms with van der Waals surface area (Å²) in [5.74, 6) is 0.750. The van der Waals surface area contributed by atoms with Crippen molar-refractivity contribution < 1.29 is 13.3 Å².